The molecular formula is C28H16Cl2F10N4O7. The van der Waals surface area contributed by atoms with Gasteiger partial charge in [0.1, 0.15) is 11.2 Å². The summed E-state index contributed by atoms with van der Waals surface area (Å²) in [5.74, 6) is -4.32. The number of ether oxygens (including phenoxy) is 3. The van der Waals surface area contributed by atoms with Gasteiger partial charge >= 0.3 is 36.5 Å². The summed E-state index contributed by atoms with van der Waals surface area (Å²) in [5, 5.41) is 20.5. The Kier molecular flexibility index (Phi) is 10.4. The minimum Gasteiger partial charge on any atom is -0.479 e. The summed E-state index contributed by atoms with van der Waals surface area (Å²) in [6.07, 6.45) is -18.6. The summed E-state index contributed by atoms with van der Waals surface area (Å²) >= 11 is 12.1. The van der Waals surface area contributed by atoms with Crippen molar-refractivity contribution in [1.29, 1.82) is 5.26 Å². The smallest absolute Gasteiger partial charge is 0.479 e. The third-order valence-corrected chi connectivity index (χ3v) is 7.71. The lowest BCUT2D eigenvalue weighted by molar-refractivity contribution is -0.348. The van der Waals surface area contributed by atoms with E-state index >= 15 is 0 Å². The van der Waals surface area contributed by atoms with E-state index in [1.54, 1.807) is 0 Å². The number of carbonyl (C=O) groups is 3. The SMILES string of the molecule is N#CC1(N(COC(=O)OCC(=O)O)C(=O)c2cc(-c3cnn(-c4c(Cl)cc(C(F)(C(F)(F)F)C(F)(F)F)cc4OC(F)(F)F)c3)ccc2Cl)CC1. The lowest BCUT2D eigenvalue weighted by Gasteiger charge is -2.31. The van der Waals surface area contributed by atoms with Crippen LogP contribution in [0.25, 0.3) is 16.8 Å². The number of carboxylic acid groups (broad SMARTS) is 1. The van der Waals surface area contributed by atoms with Crippen LogP contribution in [0.4, 0.5) is 48.7 Å². The molecule has 1 amide bonds. The predicted octanol–water partition coefficient (Wildman–Crippen LogP) is 7.73. The second kappa shape index (κ2) is 13.6. The van der Waals surface area contributed by atoms with Crippen molar-refractivity contribution < 1.29 is 77.6 Å². The van der Waals surface area contributed by atoms with Crippen LogP contribution in [0, 0.1) is 11.3 Å². The zero-order chi connectivity index (χ0) is 38.3. The van der Waals surface area contributed by atoms with Gasteiger partial charge in [-0.25, -0.2) is 18.7 Å². The van der Waals surface area contributed by atoms with E-state index in [1.165, 1.54) is 6.07 Å². The molecule has 274 valence electrons. The number of nitriles is 1. The number of nitrogens with zero attached hydrogens (tertiary/aromatic N) is 4. The third kappa shape index (κ3) is 8.01. The van der Waals surface area contributed by atoms with E-state index in [4.69, 9.17) is 33.0 Å². The molecule has 1 N–H and O–H groups in total. The summed E-state index contributed by atoms with van der Waals surface area (Å²) in [4.78, 5) is 36.8. The molecule has 2 aromatic carbocycles. The number of hydrogen-bond acceptors (Lipinski definition) is 8. The van der Waals surface area contributed by atoms with Gasteiger partial charge in [0.25, 0.3) is 5.91 Å². The number of rotatable bonds is 10. The highest BCUT2D eigenvalue weighted by molar-refractivity contribution is 6.34. The number of benzene rings is 2. The molecule has 0 unspecified atom stereocenters. The number of alkyl halides is 10. The van der Waals surface area contributed by atoms with Crippen LogP contribution >= 0.6 is 23.2 Å². The monoisotopic (exact) mass is 780 g/mol. The Morgan fingerprint density at radius 2 is 1.57 bits per heavy atom. The first-order valence-corrected chi connectivity index (χ1v) is 14.2. The Labute approximate surface area is 287 Å². The van der Waals surface area contributed by atoms with Gasteiger partial charge in [0.05, 0.1) is 27.9 Å². The molecule has 1 aromatic heterocycles. The Balaban J connectivity index is 1.74. The molecule has 0 spiro atoms. The maximum atomic E-state index is 14.8. The highest BCUT2D eigenvalue weighted by Crippen LogP contribution is 2.55. The Morgan fingerprint density at radius 3 is 2.10 bits per heavy atom. The van der Waals surface area contributed by atoms with E-state index < -0.39 is 89.4 Å². The second-order valence-electron chi connectivity index (χ2n) is 10.5. The zero-order valence-corrected chi connectivity index (χ0v) is 26.1. The van der Waals surface area contributed by atoms with Gasteiger partial charge in [-0.15, -0.1) is 13.2 Å². The van der Waals surface area contributed by atoms with Crippen LogP contribution in [-0.4, -0.2) is 75.4 Å². The number of carboxylic acids is 1. The molecule has 1 fully saturated rings. The molecule has 1 aliphatic rings. The summed E-state index contributed by atoms with van der Waals surface area (Å²) in [6, 6.07) is 4.72. The topological polar surface area (TPSA) is 144 Å². The standard InChI is InChI=1S/C28H16Cl2F10N4O7/c29-17-2-1-13(5-16(17)22(47)43(24(11-41)3-4-24)12-50-23(48)49-10-20(45)46)14-8-42-44(9-14)21-18(30)6-15(7-19(21)51-28(38,39)40)25(31,26(32,33)34)27(35,36)37/h1-2,5-9H,3-4,10,12H2,(H,45,46). The van der Waals surface area contributed by atoms with Gasteiger partial charge in [-0.05, 0) is 42.7 Å². The van der Waals surface area contributed by atoms with Gasteiger partial charge in [-0.3, -0.25) is 9.69 Å². The van der Waals surface area contributed by atoms with Gasteiger partial charge < -0.3 is 19.3 Å². The number of aromatic nitrogens is 2. The fourth-order valence-electron chi connectivity index (χ4n) is 4.51. The molecule has 11 nitrogen and oxygen atoms in total. The molecule has 51 heavy (non-hydrogen) atoms. The van der Waals surface area contributed by atoms with Crippen molar-refractivity contribution in [3.8, 4) is 28.6 Å². The molecule has 1 saturated carbocycles. The maximum Gasteiger partial charge on any atom is 0.573 e. The quantitative estimate of drug-likeness (QED) is 0.124. The van der Waals surface area contributed by atoms with E-state index in [-0.39, 0.29) is 40.6 Å². The first-order valence-electron chi connectivity index (χ1n) is 13.5. The fraction of sp³-hybridized carbons (Fsp3) is 0.321. The Hall–Kier alpha value is -4.97. The number of halogens is 12. The molecular weight excluding hydrogens is 765 g/mol. The highest BCUT2D eigenvalue weighted by Gasteiger charge is 2.73. The van der Waals surface area contributed by atoms with Crippen LogP contribution in [0.3, 0.4) is 0 Å². The third-order valence-electron chi connectivity index (χ3n) is 7.09. The summed E-state index contributed by atoms with van der Waals surface area (Å²) < 4.78 is 148. The van der Waals surface area contributed by atoms with Crippen LogP contribution in [0.15, 0.2) is 42.7 Å². The molecule has 0 saturated heterocycles. The van der Waals surface area contributed by atoms with Crippen LogP contribution in [0.5, 0.6) is 5.75 Å². The van der Waals surface area contributed by atoms with Crippen LogP contribution < -0.4 is 4.74 Å². The average Bonchev–Trinajstić information content (AvgIpc) is 3.65. The molecule has 4 rings (SSSR count). The second-order valence-corrected chi connectivity index (χ2v) is 11.3. The molecule has 0 bridgehead atoms. The number of carbonyl (C=O) groups excluding carboxylic acids is 2. The average molecular weight is 781 g/mol. The molecule has 0 radical (unpaired) electrons. The van der Waals surface area contributed by atoms with Crippen molar-refractivity contribution in [2.45, 2.75) is 42.8 Å². The summed E-state index contributed by atoms with van der Waals surface area (Å²) in [6.45, 7) is -1.97. The van der Waals surface area contributed by atoms with Crippen LogP contribution in [-0.2, 0) is 19.9 Å². The van der Waals surface area contributed by atoms with E-state index in [0.717, 1.165) is 29.4 Å². The maximum absolute atomic E-state index is 14.8. The van der Waals surface area contributed by atoms with Gasteiger partial charge in [-0.2, -0.15) is 36.7 Å². The lowest BCUT2D eigenvalue weighted by Crippen LogP contribution is -2.50. The van der Waals surface area contributed by atoms with Crippen molar-refractivity contribution in [3.63, 3.8) is 0 Å². The minimum atomic E-state index is -6.70. The van der Waals surface area contributed by atoms with Crippen molar-refractivity contribution >= 4 is 41.2 Å². The molecule has 23 heteroatoms. The van der Waals surface area contributed by atoms with Crippen LogP contribution in [0.1, 0.15) is 28.8 Å². The lowest BCUT2D eigenvalue weighted by atomic mass is 9.93. The van der Waals surface area contributed by atoms with Gasteiger partial charge in [0, 0.05) is 17.3 Å². The number of aliphatic carboxylic acids is 1. The normalized spacial score (nSPS) is 14.3. The van der Waals surface area contributed by atoms with Gasteiger partial charge in [0.2, 0.25) is 0 Å². The first-order chi connectivity index (χ1) is 23.4. The molecule has 0 atom stereocenters. The van der Waals surface area contributed by atoms with E-state index in [9.17, 15) is 63.5 Å². The van der Waals surface area contributed by atoms with Crippen molar-refractivity contribution in [2.75, 3.05) is 13.3 Å². The van der Waals surface area contributed by atoms with Crippen molar-refractivity contribution in [1.82, 2.24) is 14.7 Å². The predicted molar refractivity (Wildman–Crippen MR) is 149 cm³/mol. The van der Waals surface area contributed by atoms with Crippen molar-refractivity contribution in [3.05, 3.63) is 63.9 Å². The summed E-state index contributed by atoms with van der Waals surface area (Å²) in [5.41, 5.74) is -11.5. The van der Waals surface area contributed by atoms with Crippen LogP contribution in [0.2, 0.25) is 10.0 Å². The fourth-order valence-corrected chi connectivity index (χ4v) is 5.01. The zero-order valence-electron chi connectivity index (χ0n) is 24.6. The molecule has 0 aliphatic heterocycles. The minimum absolute atomic E-state index is 0.0143. The van der Waals surface area contributed by atoms with Crippen molar-refractivity contribution in [2.24, 2.45) is 0 Å². The molecule has 1 aliphatic carbocycles. The Bertz CT molecular complexity index is 1890. The number of hydrogen-bond donors (Lipinski definition) is 1. The Morgan fingerprint density at radius 1 is 0.941 bits per heavy atom. The number of amides is 1. The summed E-state index contributed by atoms with van der Waals surface area (Å²) in [7, 11) is 0. The molecule has 1 heterocycles. The largest absolute Gasteiger partial charge is 0.573 e. The highest BCUT2D eigenvalue weighted by atomic mass is 35.5. The first kappa shape index (κ1) is 38.8. The van der Waals surface area contributed by atoms with E-state index in [1.807, 2.05) is 6.07 Å². The van der Waals surface area contributed by atoms with E-state index in [0.29, 0.717) is 4.68 Å². The van der Waals surface area contributed by atoms with Gasteiger partial charge in [-0.1, -0.05) is 29.3 Å². The van der Waals surface area contributed by atoms with E-state index in [2.05, 4.69) is 14.6 Å². The van der Waals surface area contributed by atoms with Gasteiger partial charge in [0.15, 0.2) is 19.1 Å². The molecule has 3 aromatic rings.